The van der Waals surface area contributed by atoms with Gasteiger partial charge in [-0.1, -0.05) is 69.2 Å². The van der Waals surface area contributed by atoms with Crippen LogP contribution in [0.2, 0.25) is 19.6 Å². The van der Waals surface area contributed by atoms with E-state index in [1.807, 2.05) is 0 Å². The van der Waals surface area contributed by atoms with Crippen LogP contribution >= 0.6 is 0 Å². The minimum atomic E-state index is -1.24. The van der Waals surface area contributed by atoms with Gasteiger partial charge in [-0.2, -0.15) is 5.57 Å². The van der Waals surface area contributed by atoms with Crippen LogP contribution in [0.4, 0.5) is 0 Å². The molecule has 0 heterocycles. The second kappa shape index (κ2) is 8.65. The maximum absolute atomic E-state index is 3.75. The van der Waals surface area contributed by atoms with E-state index in [1.54, 1.807) is 0 Å². The summed E-state index contributed by atoms with van der Waals surface area (Å²) in [4.78, 5) is 0. The van der Waals surface area contributed by atoms with E-state index in [9.17, 15) is 0 Å². The molecular weight excluding hydrogens is 328 g/mol. The minimum absolute atomic E-state index is 0. The monoisotopic (exact) mass is 361 g/mol. The molecule has 0 amide bonds. The molecule has 0 bridgehead atoms. The summed E-state index contributed by atoms with van der Waals surface area (Å²) < 4.78 is 0. The third kappa shape index (κ3) is 5.59. The minimum Gasteiger partial charge on any atom is -0.358 e. The van der Waals surface area contributed by atoms with Gasteiger partial charge in [-0.3, -0.25) is 6.08 Å². The number of hydrogen-bond donors (Lipinski definition) is 0. The van der Waals surface area contributed by atoms with Gasteiger partial charge in [0, 0.05) is 8.07 Å². The molecular formula is C21H33SiTi. The Morgan fingerprint density at radius 1 is 0.957 bits per heavy atom. The zero-order valence-corrected chi connectivity index (χ0v) is 19.1. The number of allylic oxidation sites excluding steroid dienone is 4. The number of benzene rings is 1. The fourth-order valence-corrected chi connectivity index (χ4v) is 4.12. The molecule has 0 atom stereocenters. The second-order valence-corrected chi connectivity index (χ2v) is 12.7. The molecule has 0 aliphatic heterocycles. The van der Waals surface area contributed by atoms with Crippen LogP contribution in [0, 0.1) is 34.8 Å². The zero-order valence-electron chi connectivity index (χ0n) is 16.5. The number of hydrogen-bond acceptors (Lipinski definition) is 0. The molecule has 0 unspecified atom stereocenters. The van der Waals surface area contributed by atoms with Crippen LogP contribution in [0.5, 0.6) is 0 Å². The maximum atomic E-state index is 3.75. The molecule has 0 aromatic heterocycles. The molecule has 23 heavy (non-hydrogen) atoms. The second-order valence-electron chi connectivity index (χ2n) is 7.68. The van der Waals surface area contributed by atoms with Crippen molar-refractivity contribution in [3.05, 3.63) is 72.7 Å². The predicted octanol–water partition coefficient (Wildman–Crippen LogP) is 6.42. The van der Waals surface area contributed by atoms with Crippen LogP contribution in [-0.4, -0.2) is 8.07 Å². The van der Waals surface area contributed by atoms with Crippen molar-refractivity contribution in [3.8, 4) is 0 Å². The average Bonchev–Trinajstić information content (AvgIpc) is 2.76. The predicted molar refractivity (Wildman–Crippen MR) is 105 cm³/mol. The van der Waals surface area contributed by atoms with Crippen molar-refractivity contribution in [1.82, 2.24) is 0 Å². The van der Waals surface area contributed by atoms with Gasteiger partial charge in [-0.25, -0.2) is 11.3 Å². The first-order valence-electron chi connectivity index (χ1n) is 7.53. The van der Waals surface area contributed by atoms with Gasteiger partial charge in [0.1, 0.15) is 0 Å². The molecule has 0 saturated heterocycles. The normalized spacial score (nSPS) is 14.0. The van der Waals surface area contributed by atoms with E-state index >= 15 is 0 Å². The Balaban J connectivity index is 0. The average molecular weight is 361 g/mol. The molecule has 2 rings (SSSR count). The van der Waals surface area contributed by atoms with Crippen molar-refractivity contribution in [2.24, 2.45) is 0 Å². The van der Waals surface area contributed by atoms with Crippen molar-refractivity contribution >= 4 is 8.07 Å². The molecule has 0 nitrogen and oxygen atoms in total. The van der Waals surface area contributed by atoms with Crippen LogP contribution in [-0.2, 0) is 27.1 Å². The third-order valence-electron chi connectivity index (χ3n) is 4.30. The van der Waals surface area contributed by atoms with Gasteiger partial charge in [0.25, 0.3) is 0 Å². The van der Waals surface area contributed by atoms with Crippen LogP contribution in [0.3, 0.4) is 0 Å². The van der Waals surface area contributed by atoms with Gasteiger partial charge in [0.2, 0.25) is 0 Å². The molecule has 0 saturated carbocycles. The Hall–Kier alpha value is -0.369. The fourth-order valence-electron chi connectivity index (χ4n) is 2.88. The van der Waals surface area contributed by atoms with Crippen LogP contribution in [0.25, 0.3) is 0 Å². The Bertz CT molecular complexity index is 566. The molecule has 1 aromatic carbocycles. The van der Waals surface area contributed by atoms with E-state index in [-0.39, 0.29) is 42.0 Å². The van der Waals surface area contributed by atoms with Crippen molar-refractivity contribution in [2.75, 3.05) is 0 Å². The topological polar surface area (TPSA) is 0 Å². The summed E-state index contributed by atoms with van der Waals surface area (Å²) in [5, 5.41) is 1.49. The van der Waals surface area contributed by atoms with Crippen molar-refractivity contribution in [1.29, 1.82) is 0 Å². The van der Waals surface area contributed by atoms with Crippen LogP contribution in [0.1, 0.15) is 37.0 Å². The summed E-state index contributed by atoms with van der Waals surface area (Å²) in [5.74, 6) is 0. The van der Waals surface area contributed by atoms with E-state index in [0.717, 1.165) is 6.42 Å². The van der Waals surface area contributed by atoms with E-state index in [0.29, 0.717) is 0 Å². The van der Waals surface area contributed by atoms with Gasteiger partial charge in [-0.05, 0) is 24.8 Å². The molecule has 0 fully saturated rings. The molecule has 2 heteroatoms. The van der Waals surface area contributed by atoms with Gasteiger partial charge in [-0.15, -0.1) is 0 Å². The Labute approximate surface area is 161 Å². The third-order valence-corrected chi connectivity index (χ3v) is 6.25. The van der Waals surface area contributed by atoms with Gasteiger partial charge in [0.05, 0.1) is 0 Å². The van der Waals surface area contributed by atoms with Crippen molar-refractivity contribution in [3.63, 3.8) is 0 Å². The van der Waals surface area contributed by atoms with Gasteiger partial charge < -0.3 is 14.9 Å². The smallest absolute Gasteiger partial charge is 0.358 e. The summed E-state index contributed by atoms with van der Waals surface area (Å²) in [6.45, 7) is 16.3. The van der Waals surface area contributed by atoms with Crippen molar-refractivity contribution in [2.45, 2.75) is 59.2 Å². The van der Waals surface area contributed by atoms with Crippen molar-refractivity contribution < 1.29 is 21.7 Å². The molecule has 1 aliphatic rings. The van der Waals surface area contributed by atoms with Gasteiger partial charge >= 0.3 is 21.7 Å². The first-order valence-corrected chi connectivity index (χ1v) is 11.0. The van der Waals surface area contributed by atoms with Crippen LogP contribution < -0.4 is 0 Å². The van der Waals surface area contributed by atoms with E-state index in [2.05, 4.69) is 77.7 Å². The molecule has 0 N–H and O–H groups in total. The van der Waals surface area contributed by atoms with E-state index in [4.69, 9.17) is 0 Å². The summed E-state index contributed by atoms with van der Waals surface area (Å²) >= 11 is 0. The van der Waals surface area contributed by atoms with Gasteiger partial charge in [0.15, 0.2) is 0 Å². The molecule has 125 valence electrons. The van der Waals surface area contributed by atoms with Crippen LogP contribution in [0.15, 0.2) is 35.0 Å². The molecule has 0 spiro atoms. The van der Waals surface area contributed by atoms with E-state index in [1.165, 1.54) is 27.5 Å². The number of aryl methyl sites for hydroxylation is 2. The summed E-state index contributed by atoms with van der Waals surface area (Å²) in [6.07, 6.45) is 7.23. The Morgan fingerprint density at radius 3 is 1.83 bits per heavy atom. The summed E-state index contributed by atoms with van der Waals surface area (Å²) in [6, 6.07) is 6.90. The first-order chi connectivity index (χ1) is 9.10. The first kappa shape index (κ1) is 24.9. The quantitative estimate of drug-likeness (QED) is 0.431. The molecule has 1 aliphatic carbocycles. The number of rotatable bonds is 3. The zero-order chi connectivity index (χ0) is 15.1. The molecule has 1 aromatic rings. The fraction of sp³-hybridized carbons (Fsp3) is 0.429. The standard InChI is InChI=1S/C19H27Si.2CH3.Ti/c1-14-10-15(2)12-17(11-14)19(3,4)16-8-9-18(13-16)20(5,6)7;;;/h9-12H,8H2,1-7H3;2*1H3;/q3*-1;+3. The Morgan fingerprint density at radius 2 is 1.43 bits per heavy atom. The summed E-state index contributed by atoms with van der Waals surface area (Å²) in [7, 11) is -1.24. The summed E-state index contributed by atoms with van der Waals surface area (Å²) in [5.41, 5.74) is 5.65. The molecule has 1 radical (unpaired) electrons. The SMILES string of the molecule is Cc1cc(C)cc(C(C)(C)C2=[C-]C([Si](C)(C)C)=CC2)c1.[CH3-].[CH3-].[Ti+3]. The maximum Gasteiger partial charge on any atom is 3.00 e. The largest absolute Gasteiger partial charge is 3.00 e. The Kier molecular flexibility index (Phi) is 9.35. The van der Waals surface area contributed by atoms with E-state index < -0.39 is 8.07 Å².